The van der Waals surface area contributed by atoms with Crippen LogP contribution in [0.5, 0.6) is 0 Å². The van der Waals surface area contributed by atoms with Crippen LogP contribution >= 0.6 is 0 Å². The van der Waals surface area contributed by atoms with Crippen LogP contribution < -0.4 is 16.2 Å². The lowest BCUT2D eigenvalue weighted by atomic mass is 10.0. The van der Waals surface area contributed by atoms with Gasteiger partial charge in [-0.3, -0.25) is 14.9 Å². The van der Waals surface area contributed by atoms with E-state index >= 15 is 0 Å². The molecule has 3 N–H and O–H groups in total. The quantitative estimate of drug-likeness (QED) is 0.674. The lowest BCUT2D eigenvalue weighted by Gasteiger charge is -2.24. The molecule has 28 heavy (non-hydrogen) atoms. The Labute approximate surface area is 160 Å². The number of aromatic nitrogens is 1. The molecule has 1 aliphatic heterocycles. The van der Waals surface area contributed by atoms with Gasteiger partial charge in [-0.15, -0.1) is 0 Å². The second-order valence-corrected chi connectivity index (χ2v) is 7.06. The number of carbonyl (C=O) groups excluding carboxylic acids is 1. The largest absolute Gasteiger partial charge is 0.345 e. The number of rotatable bonds is 4. The van der Waals surface area contributed by atoms with Gasteiger partial charge in [0.25, 0.3) is 11.7 Å². The van der Waals surface area contributed by atoms with Crippen molar-refractivity contribution in [3.63, 3.8) is 0 Å². The zero-order valence-corrected chi connectivity index (χ0v) is 15.6. The molecule has 3 rings (SSSR count). The Hall–Kier alpha value is -3.12. The van der Waals surface area contributed by atoms with Gasteiger partial charge in [-0.05, 0) is 37.6 Å². The number of nitrogens with zero attached hydrogens (tertiary/aromatic N) is 2. The van der Waals surface area contributed by atoms with E-state index < -0.39 is 35.4 Å². The summed E-state index contributed by atoms with van der Waals surface area (Å²) in [6.45, 7) is 3.80. The molecule has 2 aromatic rings. The zero-order chi connectivity index (χ0) is 20.4. The van der Waals surface area contributed by atoms with Gasteiger partial charge in [0.15, 0.2) is 0 Å². The summed E-state index contributed by atoms with van der Waals surface area (Å²) in [6.07, 6.45) is -0.844. The number of aryl methyl sites for hydroxylation is 1. The Morgan fingerprint density at radius 1 is 1.50 bits per heavy atom. The first-order valence-corrected chi connectivity index (χ1v) is 8.97. The fourth-order valence-electron chi connectivity index (χ4n) is 3.50. The van der Waals surface area contributed by atoms with Crippen molar-refractivity contribution in [3.8, 4) is 6.07 Å². The summed E-state index contributed by atoms with van der Waals surface area (Å²) >= 11 is 0. The van der Waals surface area contributed by atoms with Crippen LogP contribution in [0.25, 0.3) is 10.9 Å². The molecule has 0 radical (unpaired) electrons. The fourth-order valence-corrected chi connectivity index (χ4v) is 3.50. The van der Waals surface area contributed by atoms with E-state index in [1.807, 2.05) is 6.07 Å². The number of halogens is 1. The molecule has 3 atom stereocenters. The Balaban J connectivity index is 1.74. The van der Waals surface area contributed by atoms with Gasteiger partial charge < -0.3 is 10.3 Å². The number of nitrogens with one attached hydrogen (secondary N) is 3. The number of hydrogen-bond donors (Lipinski definition) is 3. The van der Waals surface area contributed by atoms with Crippen molar-refractivity contribution in [1.29, 1.82) is 5.26 Å². The van der Waals surface area contributed by atoms with E-state index in [-0.39, 0.29) is 18.5 Å². The minimum atomic E-state index is -0.654. The van der Waals surface area contributed by atoms with Crippen molar-refractivity contribution >= 4 is 16.8 Å². The molecule has 0 spiro atoms. The lowest BCUT2D eigenvalue weighted by Crippen LogP contribution is -2.59. The molecule has 1 aromatic heterocycles. The minimum Gasteiger partial charge on any atom is -0.345 e. The zero-order valence-electron chi connectivity index (χ0n) is 15.6. The van der Waals surface area contributed by atoms with Gasteiger partial charge in [0.2, 0.25) is 12.5 Å². The highest BCUT2D eigenvalue weighted by Crippen LogP contribution is 2.19. The monoisotopic (exact) mass is 386 g/mol. The van der Waals surface area contributed by atoms with Gasteiger partial charge in [0, 0.05) is 32.7 Å². The third-order valence-corrected chi connectivity index (χ3v) is 5.03. The van der Waals surface area contributed by atoms with Crippen LogP contribution in [0, 0.1) is 34.9 Å². The summed E-state index contributed by atoms with van der Waals surface area (Å²) in [6, 6.07) is 5.57. The van der Waals surface area contributed by atoms with E-state index in [0.29, 0.717) is 23.0 Å². The van der Waals surface area contributed by atoms with Crippen LogP contribution in [0.15, 0.2) is 23.0 Å². The highest BCUT2D eigenvalue weighted by atomic mass is 19.1. The van der Waals surface area contributed by atoms with E-state index in [9.17, 15) is 18.9 Å². The highest BCUT2D eigenvalue weighted by molar-refractivity contribution is 5.85. The van der Waals surface area contributed by atoms with E-state index in [2.05, 4.69) is 15.6 Å². The highest BCUT2D eigenvalue weighted by Gasteiger charge is 2.39. The van der Waals surface area contributed by atoms with Crippen LogP contribution in [0.1, 0.15) is 18.1 Å². The number of aromatic amines is 1. The second kappa shape index (κ2) is 7.86. The Kier molecular flexibility index (Phi) is 5.51. The molecule has 2 unspecified atom stereocenters. The molecule has 1 aromatic carbocycles. The van der Waals surface area contributed by atoms with Gasteiger partial charge in [-0.2, -0.15) is 5.26 Å². The number of nitroso groups, excluding NO2 is 1. The summed E-state index contributed by atoms with van der Waals surface area (Å²) in [4.78, 5) is 39.6. The number of hydrogen-bond acceptors (Lipinski definition) is 5. The maximum atomic E-state index is 13.5. The molecular weight excluding hydrogens is 365 g/mol. The van der Waals surface area contributed by atoms with Crippen LogP contribution in [0.4, 0.5) is 4.39 Å². The molecule has 9 heteroatoms. The van der Waals surface area contributed by atoms with Crippen LogP contribution in [0.2, 0.25) is 0 Å². The van der Waals surface area contributed by atoms with Gasteiger partial charge in [0.1, 0.15) is 17.8 Å². The molecule has 2 heterocycles. The maximum absolute atomic E-state index is 13.5. The molecule has 1 aliphatic rings. The predicted molar refractivity (Wildman–Crippen MR) is 100.0 cm³/mol. The number of nitriles is 1. The summed E-state index contributed by atoms with van der Waals surface area (Å²) in [5.74, 6) is -1.24. The summed E-state index contributed by atoms with van der Waals surface area (Å²) in [5.41, 5.74) is 0.890. The molecule has 0 saturated carbocycles. The van der Waals surface area contributed by atoms with E-state index in [1.54, 1.807) is 13.8 Å². The van der Waals surface area contributed by atoms with Crippen molar-refractivity contribution < 1.29 is 13.9 Å². The third-order valence-electron chi connectivity index (χ3n) is 5.03. The summed E-state index contributed by atoms with van der Waals surface area (Å²) in [7, 11) is 0. The third kappa shape index (κ3) is 3.92. The van der Waals surface area contributed by atoms with Crippen molar-refractivity contribution in [3.05, 3.63) is 50.4 Å². The Morgan fingerprint density at radius 3 is 2.93 bits per heavy atom. The van der Waals surface area contributed by atoms with Gasteiger partial charge in [-0.25, -0.2) is 4.39 Å². The molecular formula is C19H21FN5O3+. The first kappa shape index (κ1) is 19.6. The number of carbonyl (C=O) groups is 1. The van der Waals surface area contributed by atoms with Crippen molar-refractivity contribution in [2.45, 2.75) is 32.5 Å². The first-order chi connectivity index (χ1) is 13.3. The number of benzene rings is 1. The second-order valence-electron chi connectivity index (χ2n) is 7.06. The number of H-pyrrole nitrogens is 1. The van der Waals surface area contributed by atoms with Crippen molar-refractivity contribution in [1.82, 2.24) is 15.6 Å². The van der Waals surface area contributed by atoms with Gasteiger partial charge in [-0.1, -0.05) is 0 Å². The molecule has 1 saturated heterocycles. The Bertz CT molecular complexity index is 1040. The smallest absolute Gasteiger partial charge is 0.274 e. The van der Waals surface area contributed by atoms with Crippen LogP contribution in [0.3, 0.4) is 0 Å². The molecule has 0 aliphatic carbocycles. The predicted octanol–water partition coefficient (Wildman–Crippen LogP) is 0.871. The standard InChI is InChI=1S/C19H20FN5O3/c1-10-14-5-13(20)3-4-16(14)24-19(27)15(10)6-17(26)23-11(2)18-22-8-12(7-21)9-25(18)28/h3-5,11-12,18,22H,6,8-9H2,1-2H3,(H-,23,24,26,27)/p+1/t11-,12?,18?/m0/s1. The molecule has 1 amide bonds. The van der Waals surface area contributed by atoms with Crippen molar-refractivity contribution in [2.24, 2.45) is 5.92 Å². The van der Waals surface area contributed by atoms with Crippen molar-refractivity contribution in [2.75, 3.05) is 13.1 Å². The molecule has 0 bridgehead atoms. The summed E-state index contributed by atoms with van der Waals surface area (Å²) in [5, 5.41) is 15.1. The first-order valence-electron chi connectivity index (χ1n) is 8.97. The topological polar surface area (TPSA) is 118 Å². The van der Waals surface area contributed by atoms with E-state index in [0.717, 1.165) is 4.76 Å². The average molecular weight is 386 g/mol. The maximum Gasteiger partial charge on any atom is 0.274 e. The molecule has 8 nitrogen and oxygen atoms in total. The number of fused-ring (bicyclic) bond motifs is 1. The Morgan fingerprint density at radius 2 is 2.25 bits per heavy atom. The molecule has 1 fully saturated rings. The average Bonchev–Trinajstić information content (AvgIpc) is 2.65. The number of pyridine rings is 1. The van der Waals surface area contributed by atoms with Crippen LogP contribution in [-0.2, 0) is 11.2 Å². The van der Waals surface area contributed by atoms with E-state index in [1.165, 1.54) is 18.2 Å². The van der Waals surface area contributed by atoms with Gasteiger partial charge in [0.05, 0.1) is 12.5 Å². The number of amides is 1. The summed E-state index contributed by atoms with van der Waals surface area (Å²) < 4.78 is 14.3. The van der Waals surface area contributed by atoms with E-state index in [4.69, 9.17) is 5.26 Å². The fraction of sp³-hybridized carbons (Fsp3) is 0.421. The van der Waals surface area contributed by atoms with Crippen LogP contribution in [-0.4, -0.2) is 40.9 Å². The SMILES string of the molecule is Cc1c(CC(=O)N[C@@H](C)C2NCC(C#N)C[N+]2=O)c(=O)[nH]c2ccc(F)cc12. The molecule has 146 valence electrons. The minimum absolute atomic E-state index is 0.0728. The normalized spacial score (nSPS) is 20.6. The van der Waals surface area contributed by atoms with Gasteiger partial charge >= 0.3 is 0 Å². The lowest BCUT2D eigenvalue weighted by molar-refractivity contribution is -0.608.